The Hall–Kier alpha value is -2.88. The summed E-state index contributed by atoms with van der Waals surface area (Å²) in [6, 6.07) is 12.6. The molecule has 0 bridgehead atoms. The number of nitrogens with zero attached hydrogens (tertiary/aromatic N) is 1. The molecule has 4 nitrogen and oxygen atoms in total. The lowest BCUT2D eigenvalue weighted by Gasteiger charge is -2.11. The SMILES string of the molecule is Cc1cc(C)c(/C=C2/NC(=O)N(c3ccccc3)C2=O)c(C)c1. The van der Waals surface area contributed by atoms with Crippen LogP contribution in [0.1, 0.15) is 22.3 Å². The van der Waals surface area contributed by atoms with Gasteiger partial charge in [-0.2, -0.15) is 0 Å². The third-order valence-electron chi connectivity index (χ3n) is 3.92. The molecule has 1 heterocycles. The topological polar surface area (TPSA) is 49.4 Å². The van der Waals surface area contributed by atoms with Crippen LogP contribution in [0.4, 0.5) is 10.5 Å². The summed E-state index contributed by atoms with van der Waals surface area (Å²) in [4.78, 5) is 25.9. The predicted molar refractivity (Wildman–Crippen MR) is 91.1 cm³/mol. The first-order chi connectivity index (χ1) is 11.0. The minimum Gasteiger partial charge on any atom is -0.302 e. The van der Waals surface area contributed by atoms with Crippen LogP contribution in [0.5, 0.6) is 0 Å². The van der Waals surface area contributed by atoms with Gasteiger partial charge in [0.1, 0.15) is 5.70 Å². The van der Waals surface area contributed by atoms with Crippen LogP contribution in [0.3, 0.4) is 0 Å². The first-order valence-corrected chi connectivity index (χ1v) is 7.47. The number of para-hydroxylation sites is 1. The Labute approximate surface area is 135 Å². The van der Waals surface area contributed by atoms with Gasteiger partial charge in [0, 0.05) is 0 Å². The van der Waals surface area contributed by atoms with Crippen molar-refractivity contribution >= 4 is 23.7 Å². The van der Waals surface area contributed by atoms with Crippen molar-refractivity contribution < 1.29 is 9.59 Å². The van der Waals surface area contributed by atoms with Gasteiger partial charge in [-0.15, -0.1) is 0 Å². The van der Waals surface area contributed by atoms with Gasteiger partial charge in [0.2, 0.25) is 0 Å². The zero-order valence-corrected chi connectivity index (χ0v) is 13.4. The first-order valence-electron chi connectivity index (χ1n) is 7.47. The molecule has 0 unspecified atom stereocenters. The van der Waals surface area contributed by atoms with E-state index in [0.29, 0.717) is 11.4 Å². The van der Waals surface area contributed by atoms with Crippen molar-refractivity contribution in [2.75, 3.05) is 4.90 Å². The summed E-state index contributed by atoms with van der Waals surface area (Å²) in [6.07, 6.45) is 1.76. The molecule has 1 aliphatic rings. The summed E-state index contributed by atoms with van der Waals surface area (Å²) >= 11 is 0. The maximum atomic E-state index is 12.6. The molecular formula is C19H18N2O2. The number of hydrogen-bond acceptors (Lipinski definition) is 2. The second-order valence-electron chi connectivity index (χ2n) is 5.78. The van der Waals surface area contributed by atoms with Crippen LogP contribution in [0.15, 0.2) is 48.2 Å². The van der Waals surface area contributed by atoms with Crippen LogP contribution in [-0.4, -0.2) is 11.9 Å². The fourth-order valence-electron chi connectivity index (χ4n) is 2.91. The van der Waals surface area contributed by atoms with Gasteiger partial charge in [0.05, 0.1) is 5.69 Å². The summed E-state index contributed by atoms with van der Waals surface area (Å²) in [5.41, 5.74) is 5.17. The fraction of sp³-hybridized carbons (Fsp3) is 0.158. The highest BCUT2D eigenvalue weighted by Crippen LogP contribution is 2.24. The average Bonchev–Trinajstić information content (AvgIpc) is 2.78. The number of anilines is 1. The minimum atomic E-state index is -0.421. The average molecular weight is 306 g/mol. The van der Waals surface area contributed by atoms with Gasteiger partial charge in [-0.05, 0) is 55.7 Å². The molecule has 0 radical (unpaired) electrons. The fourth-order valence-corrected chi connectivity index (χ4v) is 2.91. The van der Waals surface area contributed by atoms with Gasteiger partial charge < -0.3 is 5.32 Å². The quantitative estimate of drug-likeness (QED) is 0.679. The largest absolute Gasteiger partial charge is 0.333 e. The van der Waals surface area contributed by atoms with E-state index in [9.17, 15) is 9.59 Å². The van der Waals surface area contributed by atoms with E-state index in [1.165, 1.54) is 5.56 Å². The smallest absolute Gasteiger partial charge is 0.302 e. The van der Waals surface area contributed by atoms with Gasteiger partial charge >= 0.3 is 6.03 Å². The molecule has 0 aliphatic carbocycles. The van der Waals surface area contributed by atoms with Crippen molar-refractivity contribution in [2.45, 2.75) is 20.8 Å². The second kappa shape index (κ2) is 5.72. The molecule has 0 saturated carbocycles. The summed E-state index contributed by atoms with van der Waals surface area (Å²) in [5.74, 6) is -0.333. The number of hydrogen-bond donors (Lipinski definition) is 1. The number of nitrogens with one attached hydrogen (secondary N) is 1. The third kappa shape index (κ3) is 2.75. The van der Waals surface area contributed by atoms with Crippen molar-refractivity contribution in [3.05, 3.63) is 70.4 Å². The van der Waals surface area contributed by atoms with E-state index < -0.39 is 6.03 Å². The van der Waals surface area contributed by atoms with Crippen LogP contribution < -0.4 is 10.2 Å². The number of carbonyl (C=O) groups is 2. The van der Waals surface area contributed by atoms with Crippen molar-refractivity contribution in [1.82, 2.24) is 5.32 Å². The predicted octanol–water partition coefficient (Wildman–Crippen LogP) is 3.71. The minimum absolute atomic E-state index is 0.300. The molecule has 1 fully saturated rings. The van der Waals surface area contributed by atoms with Crippen molar-refractivity contribution in [3.8, 4) is 0 Å². The van der Waals surface area contributed by atoms with Crippen molar-refractivity contribution in [2.24, 2.45) is 0 Å². The molecule has 0 aromatic heterocycles. The van der Waals surface area contributed by atoms with E-state index in [2.05, 4.69) is 17.4 Å². The van der Waals surface area contributed by atoms with Crippen LogP contribution in [0.2, 0.25) is 0 Å². The van der Waals surface area contributed by atoms with Crippen molar-refractivity contribution in [1.29, 1.82) is 0 Å². The lowest BCUT2D eigenvalue weighted by molar-refractivity contribution is -0.113. The highest BCUT2D eigenvalue weighted by Gasteiger charge is 2.34. The zero-order chi connectivity index (χ0) is 16.6. The maximum absolute atomic E-state index is 12.6. The third-order valence-corrected chi connectivity index (χ3v) is 3.92. The highest BCUT2D eigenvalue weighted by atomic mass is 16.2. The molecule has 3 rings (SSSR count). The Bertz CT molecular complexity index is 800. The number of rotatable bonds is 2. The number of urea groups is 1. The Kier molecular flexibility index (Phi) is 3.74. The van der Waals surface area contributed by atoms with Crippen molar-refractivity contribution in [3.63, 3.8) is 0 Å². The molecule has 23 heavy (non-hydrogen) atoms. The number of benzene rings is 2. The standard InChI is InChI=1S/C19H18N2O2/c1-12-9-13(2)16(14(3)10-12)11-17-18(22)21(19(23)20-17)15-7-5-4-6-8-15/h4-11H,1-3H3,(H,20,23)/b17-11+. The summed E-state index contributed by atoms with van der Waals surface area (Å²) in [6.45, 7) is 6.04. The van der Waals surface area contributed by atoms with Crippen LogP contribution in [0, 0.1) is 20.8 Å². The normalized spacial score (nSPS) is 16.1. The van der Waals surface area contributed by atoms with Gasteiger partial charge in [0.25, 0.3) is 5.91 Å². The molecule has 4 heteroatoms. The Morgan fingerprint density at radius 3 is 2.17 bits per heavy atom. The lowest BCUT2D eigenvalue weighted by Crippen LogP contribution is -2.30. The van der Waals surface area contributed by atoms with E-state index in [1.54, 1.807) is 30.3 Å². The summed E-state index contributed by atoms with van der Waals surface area (Å²) in [7, 11) is 0. The van der Waals surface area contributed by atoms with E-state index >= 15 is 0 Å². The monoisotopic (exact) mass is 306 g/mol. The maximum Gasteiger partial charge on any atom is 0.333 e. The molecular weight excluding hydrogens is 288 g/mol. The van der Waals surface area contributed by atoms with Gasteiger partial charge in [0.15, 0.2) is 0 Å². The van der Waals surface area contributed by atoms with Gasteiger partial charge in [-0.25, -0.2) is 9.69 Å². The molecule has 1 N–H and O–H groups in total. The van der Waals surface area contributed by atoms with Crippen LogP contribution in [-0.2, 0) is 4.79 Å². The number of carbonyl (C=O) groups excluding carboxylic acids is 2. The molecule has 3 amide bonds. The number of aryl methyl sites for hydroxylation is 3. The number of imide groups is 1. The second-order valence-corrected chi connectivity index (χ2v) is 5.78. The van der Waals surface area contributed by atoms with E-state index in [0.717, 1.165) is 21.6 Å². The molecule has 2 aromatic carbocycles. The molecule has 1 saturated heterocycles. The molecule has 2 aromatic rings. The Balaban J connectivity index is 2.00. The first kappa shape index (κ1) is 15.0. The molecule has 116 valence electrons. The molecule has 1 aliphatic heterocycles. The Morgan fingerprint density at radius 1 is 0.957 bits per heavy atom. The van der Waals surface area contributed by atoms with Gasteiger partial charge in [-0.1, -0.05) is 35.9 Å². The van der Waals surface area contributed by atoms with E-state index in [4.69, 9.17) is 0 Å². The van der Waals surface area contributed by atoms with E-state index in [-0.39, 0.29) is 5.91 Å². The Morgan fingerprint density at radius 2 is 1.57 bits per heavy atom. The lowest BCUT2D eigenvalue weighted by atomic mass is 9.99. The molecule has 0 atom stereocenters. The summed E-state index contributed by atoms with van der Waals surface area (Å²) in [5, 5.41) is 2.67. The van der Waals surface area contributed by atoms with Crippen LogP contribution in [0.25, 0.3) is 6.08 Å². The molecule has 0 spiro atoms. The summed E-state index contributed by atoms with van der Waals surface area (Å²) < 4.78 is 0. The van der Waals surface area contributed by atoms with Gasteiger partial charge in [-0.3, -0.25) is 4.79 Å². The van der Waals surface area contributed by atoms with Crippen LogP contribution >= 0.6 is 0 Å². The zero-order valence-electron chi connectivity index (χ0n) is 13.4. The number of amides is 3. The highest BCUT2D eigenvalue weighted by molar-refractivity contribution is 6.28. The van der Waals surface area contributed by atoms with E-state index in [1.807, 2.05) is 26.8 Å².